The Hall–Kier alpha value is -0.610. The van der Waals surface area contributed by atoms with Crippen LogP contribution >= 0.6 is 0 Å². The summed E-state index contributed by atoms with van der Waals surface area (Å²) in [5.74, 6) is 0.166. The molecule has 0 aromatic rings. The second kappa shape index (κ2) is 7.67. The third-order valence-electron chi connectivity index (χ3n) is 3.70. The Bertz CT molecular complexity index is 227. The second-order valence-corrected chi connectivity index (χ2v) is 4.97. The molecule has 4 heteroatoms. The summed E-state index contributed by atoms with van der Waals surface area (Å²) >= 11 is 0. The van der Waals surface area contributed by atoms with E-state index < -0.39 is 0 Å². The normalized spacial score (nSPS) is 19.3. The van der Waals surface area contributed by atoms with E-state index in [-0.39, 0.29) is 11.9 Å². The van der Waals surface area contributed by atoms with Gasteiger partial charge in [-0.15, -0.1) is 0 Å². The number of hydrogen-bond donors (Lipinski definition) is 2. The van der Waals surface area contributed by atoms with Gasteiger partial charge in [-0.2, -0.15) is 0 Å². The molecular formula is C13H27N3O. The molecule has 1 saturated heterocycles. The Kier molecular flexibility index (Phi) is 6.52. The lowest BCUT2D eigenvalue weighted by Gasteiger charge is -2.35. The predicted molar refractivity (Wildman–Crippen MR) is 71.0 cm³/mol. The third kappa shape index (κ3) is 4.64. The highest BCUT2D eigenvalue weighted by Crippen LogP contribution is 2.12. The summed E-state index contributed by atoms with van der Waals surface area (Å²) in [5, 5.41) is 6.36. The number of likely N-dealkylation sites (N-methyl/N-ethyl adjacent to an activating group) is 1. The predicted octanol–water partition coefficient (Wildman–Crippen LogP) is 0.975. The van der Waals surface area contributed by atoms with Crippen molar-refractivity contribution in [3.05, 3.63) is 0 Å². The number of nitrogens with one attached hydrogen (secondary N) is 2. The molecule has 4 nitrogen and oxygen atoms in total. The molecule has 1 amide bonds. The van der Waals surface area contributed by atoms with Gasteiger partial charge >= 0.3 is 0 Å². The Balaban J connectivity index is 2.33. The molecule has 2 N–H and O–H groups in total. The number of carbonyl (C=O) groups excluding carboxylic acids is 1. The quantitative estimate of drug-likeness (QED) is 0.681. The minimum absolute atomic E-state index is 0.0186. The molecule has 0 saturated carbocycles. The Labute approximate surface area is 105 Å². The van der Waals surface area contributed by atoms with Gasteiger partial charge in [0.1, 0.15) is 0 Å². The first-order chi connectivity index (χ1) is 8.16. The van der Waals surface area contributed by atoms with Gasteiger partial charge in [-0.1, -0.05) is 13.3 Å². The zero-order chi connectivity index (χ0) is 12.7. The van der Waals surface area contributed by atoms with Gasteiger partial charge in [-0.25, -0.2) is 0 Å². The van der Waals surface area contributed by atoms with Crippen LogP contribution < -0.4 is 10.6 Å². The maximum Gasteiger partial charge on any atom is 0.237 e. The van der Waals surface area contributed by atoms with Crippen LogP contribution in [0.25, 0.3) is 0 Å². The van der Waals surface area contributed by atoms with Crippen LogP contribution in [0.3, 0.4) is 0 Å². The van der Waals surface area contributed by atoms with Crippen molar-refractivity contribution in [2.75, 3.05) is 26.7 Å². The lowest BCUT2D eigenvalue weighted by atomic mass is 10.0. The van der Waals surface area contributed by atoms with Crippen LogP contribution in [-0.2, 0) is 4.79 Å². The summed E-state index contributed by atoms with van der Waals surface area (Å²) < 4.78 is 0. The zero-order valence-corrected chi connectivity index (χ0v) is 11.5. The molecule has 0 spiro atoms. The largest absolute Gasteiger partial charge is 0.355 e. The van der Waals surface area contributed by atoms with Gasteiger partial charge in [0, 0.05) is 12.6 Å². The van der Waals surface area contributed by atoms with Gasteiger partial charge in [0.05, 0.1) is 6.04 Å². The van der Waals surface area contributed by atoms with Crippen molar-refractivity contribution in [1.29, 1.82) is 0 Å². The second-order valence-electron chi connectivity index (χ2n) is 4.97. The molecule has 0 radical (unpaired) electrons. The summed E-state index contributed by atoms with van der Waals surface area (Å²) in [6.07, 6.45) is 4.47. The molecule has 1 atom stereocenters. The Morgan fingerprint density at radius 1 is 1.47 bits per heavy atom. The smallest absolute Gasteiger partial charge is 0.237 e. The number of piperidine rings is 1. The van der Waals surface area contributed by atoms with E-state index in [0.717, 1.165) is 45.3 Å². The topological polar surface area (TPSA) is 44.4 Å². The number of amides is 1. The molecule has 0 bridgehead atoms. The van der Waals surface area contributed by atoms with Gasteiger partial charge in [0.15, 0.2) is 0 Å². The standard InChI is InChI=1S/C13H27N3O/c1-4-5-8-15-13(17)11(2)16(3)12-6-9-14-10-7-12/h11-12,14H,4-10H2,1-3H3,(H,15,17). The van der Waals surface area contributed by atoms with Crippen molar-refractivity contribution >= 4 is 5.91 Å². The molecule has 1 fully saturated rings. The summed E-state index contributed by atoms with van der Waals surface area (Å²) in [5.41, 5.74) is 0. The molecule has 17 heavy (non-hydrogen) atoms. The molecule has 100 valence electrons. The van der Waals surface area contributed by atoms with Gasteiger partial charge in [0.25, 0.3) is 0 Å². The molecule has 1 aliphatic heterocycles. The molecule has 0 aromatic carbocycles. The van der Waals surface area contributed by atoms with E-state index in [4.69, 9.17) is 0 Å². The van der Waals surface area contributed by atoms with Crippen molar-refractivity contribution in [3.8, 4) is 0 Å². The average molecular weight is 241 g/mol. The lowest BCUT2D eigenvalue weighted by Crippen LogP contribution is -2.50. The highest BCUT2D eigenvalue weighted by atomic mass is 16.2. The van der Waals surface area contributed by atoms with E-state index in [2.05, 4.69) is 29.5 Å². The van der Waals surface area contributed by atoms with Gasteiger partial charge in [0.2, 0.25) is 5.91 Å². The fourth-order valence-electron chi connectivity index (χ4n) is 2.25. The number of nitrogens with zero attached hydrogens (tertiary/aromatic N) is 1. The van der Waals surface area contributed by atoms with Crippen molar-refractivity contribution in [3.63, 3.8) is 0 Å². The molecular weight excluding hydrogens is 214 g/mol. The van der Waals surface area contributed by atoms with Gasteiger partial charge < -0.3 is 10.6 Å². The van der Waals surface area contributed by atoms with E-state index >= 15 is 0 Å². The highest BCUT2D eigenvalue weighted by molar-refractivity contribution is 5.81. The zero-order valence-electron chi connectivity index (χ0n) is 11.5. The summed E-state index contributed by atoms with van der Waals surface area (Å²) in [6.45, 7) is 7.08. The van der Waals surface area contributed by atoms with E-state index in [9.17, 15) is 4.79 Å². The maximum atomic E-state index is 11.9. The van der Waals surface area contributed by atoms with Gasteiger partial charge in [-0.05, 0) is 46.3 Å². The SMILES string of the molecule is CCCCNC(=O)C(C)N(C)C1CCNCC1. The fourth-order valence-corrected chi connectivity index (χ4v) is 2.25. The van der Waals surface area contributed by atoms with Crippen LogP contribution in [0.4, 0.5) is 0 Å². The van der Waals surface area contributed by atoms with Crippen LogP contribution in [0.1, 0.15) is 39.5 Å². The van der Waals surface area contributed by atoms with E-state index in [1.54, 1.807) is 0 Å². The molecule has 0 aliphatic carbocycles. The molecule has 1 aliphatic rings. The van der Waals surface area contributed by atoms with Crippen LogP contribution in [0.5, 0.6) is 0 Å². The molecule has 1 rings (SSSR count). The van der Waals surface area contributed by atoms with Gasteiger partial charge in [-0.3, -0.25) is 9.69 Å². The van der Waals surface area contributed by atoms with Crippen molar-refractivity contribution in [1.82, 2.24) is 15.5 Å². The monoisotopic (exact) mass is 241 g/mol. The maximum absolute atomic E-state index is 11.9. The van der Waals surface area contributed by atoms with Crippen LogP contribution in [0.2, 0.25) is 0 Å². The lowest BCUT2D eigenvalue weighted by molar-refractivity contribution is -0.126. The van der Waals surface area contributed by atoms with Crippen molar-refractivity contribution < 1.29 is 4.79 Å². The summed E-state index contributed by atoms with van der Waals surface area (Å²) in [7, 11) is 2.07. The van der Waals surface area contributed by atoms with E-state index in [1.165, 1.54) is 0 Å². The third-order valence-corrected chi connectivity index (χ3v) is 3.70. The Morgan fingerprint density at radius 3 is 2.71 bits per heavy atom. The fraction of sp³-hybridized carbons (Fsp3) is 0.923. The Morgan fingerprint density at radius 2 is 2.12 bits per heavy atom. The molecule has 1 heterocycles. The number of rotatable bonds is 6. The van der Waals surface area contributed by atoms with E-state index in [0.29, 0.717) is 6.04 Å². The average Bonchev–Trinajstić information content (AvgIpc) is 2.38. The van der Waals surface area contributed by atoms with Crippen LogP contribution in [0, 0.1) is 0 Å². The van der Waals surface area contributed by atoms with E-state index in [1.807, 2.05) is 6.92 Å². The van der Waals surface area contributed by atoms with Crippen LogP contribution in [0.15, 0.2) is 0 Å². The first-order valence-electron chi connectivity index (χ1n) is 6.87. The highest BCUT2D eigenvalue weighted by Gasteiger charge is 2.25. The minimum atomic E-state index is -0.0186. The first kappa shape index (κ1) is 14.5. The minimum Gasteiger partial charge on any atom is -0.355 e. The number of unbranched alkanes of at least 4 members (excludes halogenated alkanes) is 1. The van der Waals surface area contributed by atoms with Crippen molar-refractivity contribution in [2.45, 2.75) is 51.6 Å². The number of carbonyl (C=O) groups is 1. The molecule has 0 aromatic heterocycles. The first-order valence-corrected chi connectivity index (χ1v) is 6.87. The van der Waals surface area contributed by atoms with Crippen molar-refractivity contribution in [2.24, 2.45) is 0 Å². The summed E-state index contributed by atoms with van der Waals surface area (Å²) in [4.78, 5) is 14.2. The number of hydrogen-bond acceptors (Lipinski definition) is 3. The molecule has 1 unspecified atom stereocenters. The van der Waals surface area contributed by atoms with Crippen LogP contribution in [-0.4, -0.2) is 49.6 Å². The summed E-state index contributed by atoms with van der Waals surface area (Å²) in [6, 6.07) is 0.526.